The zero-order chi connectivity index (χ0) is 13.1. The van der Waals surface area contributed by atoms with Crippen molar-refractivity contribution in [2.45, 2.75) is 52.6 Å². The Hall–Kier alpha value is -1.02. The van der Waals surface area contributed by atoms with Gasteiger partial charge in [-0.25, -0.2) is 0 Å². The van der Waals surface area contributed by atoms with E-state index in [9.17, 15) is 0 Å². The van der Waals surface area contributed by atoms with E-state index in [1.54, 1.807) is 0 Å². The molecule has 1 fully saturated rings. The molecule has 2 heteroatoms. The molecular weight excluding hydrogens is 220 g/mol. The van der Waals surface area contributed by atoms with Crippen LogP contribution in [0.5, 0.6) is 0 Å². The Kier molecular flexibility index (Phi) is 4.28. The number of nitrogens with zero attached hydrogens (tertiary/aromatic N) is 1. The summed E-state index contributed by atoms with van der Waals surface area (Å²) in [5, 5.41) is 3.59. The van der Waals surface area contributed by atoms with Gasteiger partial charge in [0.05, 0.1) is 0 Å². The van der Waals surface area contributed by atoms with E-state index in [-0.39, 0.29) is 0 Å². The van der Waals surface area contributed by atoms with E-state index in [0.717, 1.165) is 19.5 Å². The predicted octanol–water partition coefficient (Wildman–Crippen LogP) is 3.13. The van der Waals surface area contributed by atoms with Crippen LogP contribution in [-0.4, -0.2) is 25.2 Å². The summed E-state index contributed by atoms with van der Waals surface area (Å²) in [6.07, 6.45) is 2.34. The largest absolute Gasteiger partial charge is 0.367 e. The summed E-state index contributed by atoms with van der Waals surface area (Å²) in [4.78, 5) is 2.61. The molecule has 18 heavy (non-hydrogen) atoms. The molecule has 0 amide bonds. The number of nitrogens with one attached hydrogen (secondary N) is 1. The van der Waals surface area contributed by atoms with Crippen LogP contribution < -0.4 is 10.2 Å². The van der Waals surface area contributed by atoms with Crippen LogP contribution in [0.4, 0.5) is 5.69 Å². The molecule has 0 aromatic heterocycles. The first-order valence-corrected chi connectivity index (χ1v) is 7.22. The van der Waals surface area contributed by atoms with Gasteiger partial charge in [0.25, 0.3) is 0 Å². The van der Waals surface area contributed by atoms with Gasteiger partial charge in [0.15, 0.2) is 0 Å². The molecule has 1 saturated heterocycles. The lowest BCUT2D eigenvalue weighted by Gasteiger charge is -2.33. The first kappa shape index (κ1) is 13.4. The Labute approximate surface area is 111 Å². The van der Waals surface area contributed by atoms with Crippen molar-refractivity contribution in [1.82, 2.24) is 5.32 Å². The third-order valence-corrected chi connectivity index (χ3v) is 4.05. The van der Waals surface area contributed by atoms with Gasteiger partial charge in [0.2, 0.25) is 0 Å². The SMILES string of the molecule is CCc1cccc(C)c1N1CC(C)NCCC1C. The molecule has 1 heterocycles. The molecule has 0 radical (unpaired) electrons. The fourth-order valence-electron chi connectivity index (χ4n) is 2.96. The van der Waals surface area contributed by atoms with Crippen molar-refractivity contribution in [3.63, 3.8) is 0 Å². The summed E-state index contributed by atoms with van der Waals surface area (Å²) in [5.41, 5.74) is 4.37. The highest BCUT2D eigenvalue weighted by atomic mass is 15.2. The minimum atomic E-state index is 0.569. The van der Waals surface area contributed by atoms with Crippen LogP contribution in [0.25, 0.3) is 0 Å². The Bertz CT molecular complexity index is 400. The summed E-state index contributed by atoms with van der Waals surface area (Å²) < 4.78 is 0. The van der Waals surface area contributed by atoms with E-state index in [1.807, 2.05) is 0 Å². The van der Waals surface area contributed by atoms with E-state index in [2.05, 4.69) is 56.1 Å². The van der Waals surface area contributed by atoms with Crippen LogP contribution in [0, 0.1) is 6.92 Å². The molecule has 1 aliphatic rings. The van der Waals surface area contributed by atoms with Gasteiger partial charge in [-0.1, -0.05) is 25.1 Å². The maximum absolute atomic E-state index is 3.59. The smallest absolute Gasteiger partial charge is 0.0431 e. The first-order valence-electron chi connectivity index (χ1n) is 7.22. The van der Waals surface area contributed by atoms with E-state index < -0.39 is 0 Å². The quantitative estimate of drug-likeness (QED) is 0.862. The van der Waals surface area contributed by atoms with Crippen molar-refractivity contribution in [2.75, 3.05) is 18.0 Å². The highest BCUT2D eigenvalue weighted by Crippen LogP contribution is 2.29. The molecule has 1 aromatic rings. The molecule has 100 valence electrons. The zero-order valence-corrected chi connectivity index (χ0v) is 12.2. The molecule has 0 saturated carbocycles. The lowest BCUT2D eigenvalue weighted by molar-refractivity contribution is 0.584. The van der Waals surface area contributed by atoms with Crippen LogP contribution in [0.2, 0.25) is 0 Å². The fourth-order valence-corrected chi connectivity index (χ4v) is 2.96. The van der Waals surface area contributed by atoms with Gasteiger partial charge < -0.3 is 10.2 Å². The zero-order valence-electron chi connectivity index (χ0n) is 12.2. The summed E-state index contributed by atoms with van der Waals surface area (Å²) in [7, 11) is 0. The fraction of sp³-hybridized carbons (Fsp3) is 0.625. The van der Waals surface area contributed by atoms with Crippen molar-refractivity contribution in [2.24, 2.45) is 0 Å². The second kappa shape index (κ2) is 5.75. The molecule has 2 unspecified atom stereocenters. The Morgan fingerprint density at radius 2 is 2.11 bits per heavy atom. The summed E-state index contributed by atoms with van der Waals surface area (Å²) in [6.45, 7) is 11.4. The molecule has 1 aliphatic heterocycles. The number of para-hydroxylation sites is 1. The average Bonchev–Trinajstić information content (AvgIpc) is 2.51. The number of anilines is 1. The van der Waals surface area contributed by atoms with Crippen molar-refractivity contribution in [3.05, 3.63) is 29.3 Å². The van der Waals surface area contributed by atoms with E-state index in [0.29, 0.717) is 12.1 Å². The Morgan fingerprint density at radius 3 is 2.83 bits per heavy atom. The van der Waals surface area contributed by atoms with Crippen LogP contribution in [0.15, 0.2) is 18.2 Å². The highest BCUT2D eigenvalue weighted by Gasteiger charge is 2.23. The molecule has 0 bridgehead atoms. The summed E-state index contributed by atoms with van der Waals surface area (Å²) >= 11 is 0. The predicted molar refractivity (Wildman–Crippen MR) is 79.4 cm³/mol. The van der Waals surface area contributed by atoms with E-state index >= 15 is 0 Å². The number of hydrogen-bond donors (Lipinski definition) is 1. The number of benzene rings is 1. The van der Waals surface area contributed by atoms with Crippen molar-refractivity contribution < 1.29 is 0 Å². The minimum Gasteiger partial charge on any atom is -0.367 e. The Balaban J connectivity index is 2.38. The van der Waals surface area contributed by atoms with Gasteiger partial charge in [0, 0.05) is 24.3 Å². The standard InChI is InChI=1S/C16H26N2/c1-5-15-8-6-7-12(2)16(15)18-11-13(3)17-10-9-14(18)4/h6-8,13-14,17H,5,9-11H2,1-4H3. The number of aryl methyl sites for hydroxylation is 2. The van der Waals surface area contributed by atoms with Crippen molar-refractivity contribution >= 4 is 5.69 Å². The van der Waals surface area contributed by atoms with Gasteiger partial charge in [-0.2, -0.15) is 0 Å². The van der Waals surface area contributed by atoms with Crippen molar-refractivity contribution in [3.8, 4) is 0 Å². The molecule has 2 nitrogen and oxygen atoms in total. The molecule has 0 spiro atoms. The monoisotopic (exact) mass is 246 g/mol. The first-order chi connectivity index (χ1) is 8.63. The second-order valence-corrected chi connectivity index (χ2v) is 5.58. The maximum atomic E-state index is 3.59. The molecular formula is C16H26N2. The molecule has 0 aliphatic carbocycles. The number of rotatable bonds is 2. The molecule has 2 atom stereocenters. The molecule has 1 N–H and O–H groups in total. The van der Waals surface area contributed by atoms with Gasteiger partial charge in [-0.15, -0.1) is 0 Å². The lowest BCUT2D eigenvalue weighted by atomic mass is 10.0. The van der Waals surface area contributed by atoms with E-state index in [1.165, 1.54) is 23.2 Å². The van der Waals surface area contributed by atoms with Crippen molar-refractivity contribution in [1.29, 1.82) is 0 Å². The molecule has 1 aromatic carbocycles. The molecule has 2 rings (SSSR count). The van der Waals surface area contributed by atoms with E-state index in [4.69, 9.17) is 0 Å². The average molecular weight is 246 g/mol. The number of hydrogen-bond acceptors (Lipinski definition) is 2. The van der Waals surface area contributed by atoms with Crippen LogP contribution in [0.1, 0.15) is 38.3 Å². The highest BCUT2D eigenvalue weighted by molar-refractivity contribution is 5.60. The van der Waals surface area contributed by atoms with Gasteiger partial charge in [0.1, 0.15) is 0 Å². The normalized spacial score (nSPS) is 25.0. The topological polar surface area (TPSA) is 15.3 Å². The van der Waals surface area contributed by atoms with Gasteiger partial charge >= 0.3 is 0 Å². The van der Waals surface area contributed by atoms with Crippen LogP contribution in [-0.2, 0) is 6.42 Å². The Morgan fingerprint density at radius 1 is 1.33 bits per heavy atom. The minimum absolute atomic E-state index is 0.569. The van der Waals surface area contributed by atoms with Crippen LogP contribution >= 0.6 is 0 Å². The lowest BCUT2D eigenvalue weighted by Crippen LogP contribution is -2.39. The third kappa shape index (κ3) is 2.69. The summed E-state index contributed by atoms with van der Waals surface area (Å²) in [6, 6.07) is 7.89. The summed E-state index contributed by atoms with van der Waals surface area (Å²) in [5.74, 6) is 0. The third-order valence-electron chi connectivity index (χ3n) is 4.05. The van der Waals surface area contributed by atoms with Crippen LogP contribution in [0.3, 0.4) is 0 Å². The van der Waals surface area contributed by atoms with Gasteiger partial charge in [-0.05, 0) is 51.3 Å². The maximum Gasteiger partial charge on any atom is 0.0431 e. The van der Waals surface area contributed by atoms with Gasteiger partial charge in [-0.3, -0.25) is 0 Å². The second-order valence-electron chi connectivity index (χ2n) is 5.58.